The average molecular weight is 327 g/mol. The molecule has 0 aliphatic carbocycles. The van der Waals surface area contributed by atoms with Crippen molar-refractivity contribution in [2.75, 3.05) is 38.7 Å². The number of nitrogens with zero attached hydrogens (tertiary/aromatic N) is 1. The fourth-order valence-corrected chi connectivity index (χ4v) is 2.98. The fourth-order valence-electron chi connectivity index (χ4n) is 2.55. The molecule has 19 heavy (non-hydrogen) atoms. The normalized spacial score (nSPS) is 20.3. The quantitative estimate of drug-likeness (QED) is 0.906. The SMILES string of the molecule is CN1CCC(Nc2cc3c(cc2Br)OCCO3)CC1. The molecule has 1 aromatic rings. The maximum absolute atomic E-state index is 5.63. The van der Waals surface area contributed by atoms with Crippen LogP contribution in [-0.2, 0) is 0 Å². The van der Waals surface area contributed by atoms with E-state index in [0.717, 1.165) is 34.7 Å². The number of fused-ring (bicyclic) bond motifs is 1. The maximum Gasteiger partial charge on any atom is 0.163 e. The Morgan fingerprint density at radius 1 is 1.16 bits per heavy atom. The molecule has 0 aromatic heterocycles. The first-order valence-corrected chi connectivity index (χ1v) is 7.56. The molecular weight excluding hydrogens is 308 g/mol. The van der Waals surface area contributed by atoms with E-state index in [4.69, 9.17) is 9.47 Å². The molecule has 0 unspecified atom stereocenters. The molecule has 0 spiro atoms. The van der Waals surface area contributed by atoms with Gasteiger partial charge in [-0.1, -0.05) is 0 Å². The summed E-state index contributed by atoms with van der Waals surface area (Å²) in [6, 6.07) is 4.57. The predicted octanol–water partition coefficient (Wildman–Crippen LogP) is 2.73. The average Bonchev–Trinajstić information content (AvgIpc) is 2.42. The van der Waals surface area contributed by atoms with Gasteiger partial charge >= 0.3 is 0 Å². The first-order valence-electron chi connectivity index (χ1n) is 6.76. The third-order valence-corrected chi connectivity index (χ3v) is 4.37. The third kappa shape index (κ3) is 2.98. The van der Waals surface area contributed by atoms with Crippen LogP contribution in [0.5, 0.6) is 11.5 Å². The van der Waals surface area contributed by atoms with Crippen molar-refractivity contribution in [3.05, 3.63) is 16.6 Å². The van der Waals surface area contributed by atoms with Gasteiger partial charge in [0.05, 0.1) is 5.69 Å². The summed E-state index contributed by atoms with van der Waals surface area (Å²) in [5.41, 5.74) is 1.10. The molecule has 2 aliphatic rings. The Morgan fingerprint density at radius 3 is 2.47 bits per heavy atom. The van der Waals surface area contributed by atoms with Crippen molar-refractivity contribution in [2.45, 2.75) is 18.9 Å². The second-order valence-electron chi connectivity index (χ2n) is 5.20. The smallest absolute Gasteiger partial charge is 0.163 e. The molecule has 0 amide bonds. The number of nitrogens with one attached hydrogen (secondary N) is 1. The molecule has 1 fully saturated rings. The summed E-state index contributed by atoms with van der Waals surface area (Å²) in [5.74, 6) is 1.66. The van der Waals surface area contributed by atoms with Crippen molar-refractivity contribution in [2.24, 2.45) is 0 Å². The first kappa shape index (κ1) is 13.1. The minimum absolute atomic E-state index is 0.537. The zero-order valence-corrected chi connectivity index (χ0v) is 12.7. The van der Waals surface area contributed by atoms with E-state index in [-0.39, 0.29) is 0 Å². The number of anilines is 1. The molecule has 2 aliphatic heterocycles. The lowest BCUT2D eigenvalue weighted by Crippen LogP contribution is -2.36. The van der Waals surface area contributed by atoms with Crippen LogP contribution in [0.15, 0.2) is 16.6 Å². The van der Waals surface area contributed by atoms with Gasteiger partial charge in [-0.3, -0.25) is 0 Å². The molecule has 1 N–H and O–H groups in total. The molecule has 3 rings (SSSR count). The second-order valence-corrected chi connectivity index (χ2v) is 6.05. The molecule has 4 nitrogen and oxygen atoms in total. The number of piperidine rings is 1. The number of hydrogen-bond donors (Lipinski definition) is 1. The number of halogens is 1. The van der Waals surface area contributed by atoms with E-state index >= 15 is 0 Å². The summed E-state index contributed by atoms with van der Waals surface area (Å²) in [6.07, 6.45) is 2.36. The topological polar surface area (TPSA) is 33.7 Å². The molecule has 2 heterocycles. The Labute approximate surface area is 122 Å². The van der Waals surface area contributed by atoms with Crippen LogP contribution in [0, 0.1) is 0 Å². The van der Waals surface area contributed by atoms with Gasteiger partial charge in [0.25, 0.3) is 0 Å². The van der Waals surface area contributed by atoms with Crippen molar-refractivity contribution >= 4 is 21.6 Å². The number of rotatable bonds is 2. The van der Waals surface area contributed by atoms with Gasteiger partial charge in [-0.25, -0.2) is 0 Å². The number of ether oxygens (including phenoxy) is 2. The van der Waals surface area contributed by atoms with Crippen molar-refractivity contribution in [3.8, 4) is 11.5 Å². The summed E-state index contributed by atoms with van der Waals surface area (Å²) in [6.45, 7) is 3.56. The Kier molecular flexibility index (Phi) is 3.84. The number of likely N-dealkylation sites (tertiary alicyclic amines) is 1. The zero-order valence-electron chi connectivity index (χ0n) is 11.1. The molecule has 0 bridgehead atoms. The summed E-state index contributed by atoms with van der Waals surface area (Å²) < 4.78 is 12.2. The Bertz CT molecular complexity index is 459. The summed E-state index contributed by atoms with van der Waals surface area (Å²) in [5, 5.41) is 3.61. The highest BCUT2D eigenvalue weighted by molar-refractivity contribution is 9.10. The molecule has 5 heteroatoms. The van der Waals surface area contributed by atoms with Crippen molar-refractivity contribution in [1.29, 1.82) is 0 Å². The monoisotopic (exact) mass is 326 g/mol. The first-order chi connectivity index (χ1) is 9.22. The third-order valence-electron chi connectivity index (χ3n) is 3.71. The molecule has 0 atom stereocenters. The van der Waals surface area contributed by atoms with E-state index in [0.29, 0.717) is 19.3 Å². The van der Waals surface area contributed by atoms with Crippen LogP contribution in [0.2, 0.25) is 0 Å². The zero-order chi connectivity index (χ0) is 13.2. The number of hydrogen-bond acceptors (Lipinski definition) is 4. The van der Waals surface area contributed by atoms with Gasteiger partial charge in [-0.05, 0) is 48.9 Å². The summed E-state index contributed by atoms with van der Waals surface area (Å²) in [7, 11) is 2.18. The van der Waals surface area contributed by atoms with Gasteiger partial charge < -0.3 is 19.7 Å². The van der Waals surface area contributed by atoms with Crippen molar-refractivity contribution < 1.29 is 9.47 Å². The molecule has 1 aromatic carbocycles. The van der Waals surface area contributed by atoms with Gasteiger partial charge in [-0.2, -0.15) is 0 Å². The van der Waals surface area contributed by atoms with Gasteiger partial charge in [0.1, 0.15) is 13.2 Å². The van der Waals surface area contributed by atoms with Crippen LogP contribution in [0.3, 0.4) is 0 Å². The Morgan fingerprint density at radius 2 is 1.79 bits per heavy atom. The van der Waals surface area contributed by atoms with Crippen LogP contribution in [-0.4, -0.2) is 44.3 Å². The van der Waals surface area contributed by atoms with E-state index < -0.39 is 0 Å². The van der Waals surface area contributed by atoms with Crippen LogP contribution in [0.4, 0.5) is 5.69 Å². The van der Waals surface area contributed by atoms with E-state index in [2.05, 4.69) is 33.2 Å². The second kappa shape index (κ2) is 5.59. The summed E-state index contributed by atoms with van der Waals surface area (Å²) in [4.78, 5) is 2.37. The van der Waals surface area contributed by atoms with E-state index in [9.17, 15) is 0 Å². The lowest BCUT2D eigenvalue weighted by atomic mass is 10.1. The van der Waals surface area contributed by atoms with Crippen LogP contribution < -0.4 is 14.8 Å². The minimum Gasteiger partial charge on any atom is -0.486 e. The highest BCUT2D eigenvalue weighted by atomic mass is 79.9. The van der Waals surface area contributed by atoms with E-state index in [1.54, 1.807) is 0 Å². The van der Waals surface area contributed by atoms with Crippen LogP contribution in [0.25, 0.3) is 0 Å². The molecule has 104 valence electrons. The lowest BCUT2D eigenvalue weighted by Gasteiger charge is -2.30. The molecular formula is C14H19BrN2O2. The number of benzene rings is 1. The van der Waals surface area contributed by atoms with Crippen molar-refractivity contribution in [3.63, 3.8) is 0 Å². The maximum atomic E-state index is 5.63. The lowest BCUT2D eigenvalue weighted by molar-refractivity contribution is 0.171. The molecule has 0 saturated carbocycles. The van der Waals surface area contributed by atoms with Crippen molar-refractivity contribution in [1.82, 2.24) is 4.90 Å². The summed E-state index contributed by atoms with van der Waals surface area (Å²) >= 11 is 3.61. The minimum atomic E-state index is 0.537. The molecule has 0 radical (unpaired) electrons. The van der Waals surface area contributed by atoms with Gasteiger partial charge in [0, 0.05) is 22.6 Å². The Hall–Kier alpha value is -0.940. The van der Waals surface area contributed by atoms with E-state index in [1.165, 1.54) is 12.8 Å². The largest absolute Gasteiger partial charge is 0.486 e. The Balaban J connectivity index is 1.73. The highest BCUT2D eigenvalue weighted by Gasteiger charge is 2.19. The van der Waals surface area contributed by atoms with Gasteiger partial charge in [0.15, 0.2) is 11.5 Å². The van der Waals surface area contributed by atoms with E-state index in [1.807, 2.05) is 12.1 Å². The van der Waals surface area contributed by atoms with Crippen LogP contribution in [0.1, 0.15) is 12.8 Å². The van der Waals surface area contributed by atoms with Crippen LogP contribution >= 0.6 is 15.9 Å². The molecule has 1 saturated heterocycles. The fraction of sp³-hybridized carbons (Fsp3) is 0.571. The standard InChI is InChI=1S/C14H19BrN2O2/c1-17-4-2-10(3-5-17)16-12-9-14-13(8-11(12)15)18-6-7-19-14/h8-10,16H,2-7H2,1H3. The van der Waals surface area contributed by atoms with Gasteiger partial charge in [0.2, 0.25) is 0 Å². The highest BCUT2D eigenvalue weighted by Crippen LogP contribution is 2.38. The van der Waals surface area contributed by atoms with Gasteiger partial charge in [-0.15, -0.1) is 0 Å². The predicted molar refractivity (Wildman–Crippen MR) is 79.3 cm³/mol.